The summed E-state index contributed by atoms with van der Waals surface area (Å²) < 4.78 is 12.6. The van der Waals surface area contributed by atoms with Gasteiger partial charge in [-0.3, -0.25) is 28.8 Å². The van der Waals surface area contributed by atoms with Crippen LogP contribution in [0, 0.1) is 17.3 Å². The fourth-order valence-corrected chi connectivity index (χ4v) is 8.88. The summed E-state index contributed by atoms with van der Waals surface area (Å²) in [5.41, 5.74) is 3.41. The van der Waals surface area contributed by atoms with E-state index < -0.39 is 67.4 Å². The van der Waals surface area contributed by atoms with Gasteiger partial charge in [-0.1, -0.05) is 63.6 Å². The van der Waals surface area contributed by atoms with Crippen LogP contribution >= 0.6 is 0 Å². The first kappa shape index (κ1) is 41.9. The van der Waals surface area contributed by atoms with Crippen molar-refractivity contribution in [2.75, 3.05) is 26.1 Å². The van der Waals surface area contributed by atoms with Crippen molar-refractivity contribution in [3.8, 4) is 11.1 Å². The van der Waals surface area contributed by atoms with E-state index in [-0.39, 0.29) is 49.7 Å². The first-order valence-corrected chi connectivity index (χ1v) is 20.5. The number of carbonyl (C=O) groups excluding carboxylic acids is 6. The molecule has 3 aliphatic carbocycles. The summed E-state index contributed by atoms with van der Waals surface area (Å²) in [5, 5.41) is 16.0. The Hall–Kier alpha value is -4.76. The lowest BCUT2D eigenvalue weighted by atomic mass is 9.43. The average Bonchev–Trinajstić information content (AvgIpc) is 3.56. The maximum absolute atomic E-state index is 13.3. The highest BCUT2D eigenvalue weighted by molar-refractivity contribution is 6.46. The highest BCUT2D eigenvalue weighted by Crippen LogP contribution is 2.65. The third-order valence-corrected chi connectivity index (χ3v) is 12.5. The second-order valence-electron chi connectivity index (χ2n) is 16.7. The number of aryl methyl sites for hydroxylation is 1. The Morgan fingerprint density at radius 2 is 1.61 bits per heavy atom. The molecule has 5 fully saturated rings. The highest BCUT2D eigenvalue weighted by atomic mass is 16.7. The lowest BCUT2D eigenvalue weighted by Gasteiger charge is -2.64. The van der Waals surface area contributed by atoms with Crippen LogP contribution < -0.4 is 31.9 Å². The predicted octanol–water partition coefficient (Wildman–Crippen LogP) is 2.59. The van der Waals surface area contributed by atoms with Gasteiger partial charge < -0.3 is 41.2 Å². The molecule has 4 unspecified atom stereocenters. The zero-order chi connectivity index (χ0) is 40.7. The van der Waals surface area contributed by atoms with Crippen LogP contribution in [-0.2, 0) is 39.7 Å². The Morgan fingerprint density at radius 3 is 2.32 bits per heavy atom. The van der Waals surface area contributed by atoms with Gasteiger partial charge in [-0.05, 0) is 97.9 Å². The van der Waals surface area contributed by atoms with Gasteiger partial charge in [-0.25, -0.2) is 0 Å². The van der Waals surface area contributed by atoms with Gasteiger partial charge in [-0.15, -0.1) is 0 Å². The largest absolute Gasteiger partial charge is 0.478 e. The second kappa shape index (κ2) is 18.2. The van der Waals surface area contributed by atoms with E-state index in [1.165, 1.54) is 5.56 Å². The van der Waals surface area contributed by atoms with E-state index in [0.717, 1.165) is 43.2 Å². The smallest absolute Gasteiger partial charge is 0.404 e. The van der Waals surface area contributed by atoms with Crippen LogP contribution in [0.4, 0.5) is 0 Å². The van der Waals surface area contributed by atoms with Gasteiger partial charge in [0.05, 0.1) is 31.2 Å². The summed E-state index contributed by atoms with van der Waals surface area (Å²) in [5.74, 6) is -2.17. The third-order valence-electron chi connectivity index (χ3n) is 12.5. The van der Waals surface area contributed by atoms with Crippen LogP contribution in [0.5, 0.6) is 0 Å². The number of benzene rings is 2. The quantitative estimate of drug-likeness (QED) is 0.187. The summed E-state index contributed by atoms with van der Waals surface area (Å²) >= 11 is 0. The molecule has 15 heteroatoms. The standard InChI is InChI=1S/C42H57BN6O8/c1-5-6-8-26-10-12-27(13-11-26)28-14-16-29(17-15-28)38(53)45-23-36(51)49-32-18-19-35(50)44-20-7-9-31(48-37(52)24-46-39(32)54)40(55)47-25-43-56-34-22-30-21-33(41(30,2)3)42(34,4)57-43/h10-17,30-34H,5-9,18-25H2,1-4H3,(H,44,50)(H,45,53)(H,46,54)(H,47,55)(H,48,52)(H,49,51)/t30?,31?,32?,33?,34-,42+/m1/s1. The highest BCUT2D eigenvalue weighted by Gasteiger charge is 2.67. The van der Waals surface area contributed by atoms with Gasteiger partial charge in [0.1, 0.15) is 12.1 Å². The molecular weight excluding hydrogens is 727 g/mol. The van der Waals surface area contributed by atoms with E-state index in [9.17, 15) is 28.8 Å². The number of carbonyl (C=O) groups is 6. The minimum absolute atomic E-state index is 0.0302. The Kier molecular flexibility index (Phi) is 13.4. The molecule has 6 N–H and O–H groups in total. The molecule has 2 bridgehead atoms. The monoisotopic (exact) mass is 784 g/mol. The summed E-state index contributed by atoms with van der Waals surface area (Å²) in [4.78, 5) is 77.9. The normalized spacial score (nSPS) is 27.3. The van der Waals surface area contributed by atoms with Crippen LogP contribution in [-0.4, -0.2) is 92.4 Å². The minimum Gasteiger partial charge on any atom is -0.404 e. The molecule has 6 atom stereocenters. The molecule has 14 nitrogen and oxygen atoms in total. The van der Waals surface area contributed by atoms with E-state index in [4.69, 9.17) is 9.31 Å². The topological polar surface area (TPSA) is 193 Å². The fourth-order valence-electron chi connectivity index (χ4n) is 8.88. The number of nitrogens with one attached hydrogen (secondary N) is 6. The zero-order valence-corrected chi connectivity index (χ0v) is 33.5. The number of unbranched alkanes of at least 4 members (excludes halogenated alkanes) is 1. The van der Waals surface area contributed by atoms with Crippen LogP contribution in [0.1, 0.15) is 95.0 Å². The number of amides is 6. The lowest BCUT2D eigenvalue weighted by molar-refractivity contribution is -0.199. The van der Waals surface area contributed by atoms with Gasteiger partial charge in [0.2, 0.25) is 29.5 Å². The minimum atomic E-state index is -1.16. The van der Waals surface area contributed by atoms with Crippen molar-refractivity contribution in [2.45, 2.75) is 109 Å². The molecule has 2 heterocycles. The molecule has 2 aliphatic heterocycles. The maximum atomic E-state index is 13.3. The van der Waals surface area contributed by atoms with E-state index in [0.29, 0.717) is 23.8 Å². The first-order chi connectivity index (χ1) is 27.3. The van der Waals surface area contributed by atoms with E-state index in [2.05, 4.69) is 83.9 Å². The number of hydrogen-bond donors (Lipinski definition) is 6. The Balaban J connectivity index is 0.967. The molecular formula is C42H57BN6O8. The second-order valence-corrected chi connectivity index (χ2v) is 16.7. The molecule has 2 aromatic carbocycles. The summed E-state index contributed by atoms with van der Waals surface area (Å²) in [7, 11) is -0.609. The van der Waals surface area contributed by atoms with Gasteiger partial charge in [0, 0.05) is 18.5 Å². The van der Waals surface area contributed by atoms with E-state index in [1.54, 1.807) is 12.1 Å². The molecule has 6 amide bonds. The van der Waals surface area contributed by atoms with Gasteiger partial charge in [0.25, 0.3) is 5.91 Å². The van der Waals surface area contributed by atoms with Crippen LogP contribution in [0.2, 0.25) is 0 Å². The first-order valence-electron chi connectivity index (χ1n) is 20.5. The average molecular weight is 785 g/mol. The molecule has 0 radical (unpaired) electrons. The Morgan fingerprint density at radius 1 is 0.895 bits per heavy atom. The molecule has 7 rings (SSSR count). The van der Waals surface area contributed by atoms with Crippen LogP contribution in [0.15, 0.2) is 48.5 Å². The summed E-state index contributed by atoms with van der Waals surface area (Å²) in [6, 6.07) is 13.3. The van der Waals surface area contributed by atoms with Crippen molar-refractivity contribution in [3.05, 3.63) is 59.7 Å². The lowest BCUT2D eigenvalue weighted by Crippen LogP contribution is -2.65. The molecule has 2 saturated heterocycles. The molecule has 0 spiro atoms. The number of rotatable bonds is 11. The predicted molar refractivity (Wildman–Crippen MR) is 214 cm³/mol. The Bertz CT molecular complexity index is 1810. The van der Waals surface area contributed by atoms with Crippen molar-refractivity contribution in [1.82, 2.24) is 31.9 Å². The van der Waals surface area contributed by atoms with E-state index in [1.807, 2.05) is 12.1 Å². The van der Waals surface area contributed by atoms with E-state index >= 15 is 0 Å². The van der Waals surface area contributed by atoms with Gasteiger partial charge >= 0.3 is 7.12 Å². The Labute approximate surface area is 335 Å². The van der Waals surface area contributed by atoms with Crippen molar-refractivity contribution >= 4 is 42.6 Å². The van der Waals surface area contributed by atoms with Crippen LogP contribution in [0.25, 0.3) is 11.1 Å². The van der Waals surface area contributed by atoms with Crippen LogP contribution in [0.3, 0.4) is 0 Å². The molecule has 3 saturated carbocycles. The fraction of sp³-hybridized carbons (Fsp3) is 0.571. The summed E-state index contributed by atoms with van der Waals surface area (Å²) in [6.07, 6.45) is 5.98. The molecule has 5 aliphatic rings. The number of hydrogen-bond acceptors (Lipinski definition) is 8. The molecule has 0 aromatic heterocycles. The van der Waals surface area contributed by atoms with Crippen molar-refractivity contribution in [1.29, 1.82) is 0 Å². The molecule has 2 aromatic rings. The molecule has 57 heavy (non-hydrogen) atoms. The van der Waals surface area contributed by atoms with Crippen molar-refractivity contribution < 1.29 is 38.1 Å². The third kappa shape index (κ3) is 10.0. The van der Waals surface area contributed by atoms with Crippen molar-refractivity contribution in [2.24, 2.45) is 17.3 Å². The van der Waals surface area contributed by atoms with Gasteiger partial charge in [-0.2, -0.15) is 0 Å². The SMILES string of the molecule is CCCCc1ccc(-c2ccc(C(=O)NCC(=O)NC3CCC(=O)NCCCC(C(=O)NCB4O[C@@H]5CC6CC(C6(C)C)[C@]5(C)O4)NC(=O)CNC3=O)cc2)cc1. The maximum Gasteiger partial charge on any atom is 0.478 e. The summed E-state index contributed by atoms with van der Waals surface area (Å²) in [6.45, 7) is 8.20. The zero-order valence-electron chi connectivity index (χ0n) is 33.5. The molecule has 306 valence electrons. The van der Waals surface area contributed by atoms with Gasteiger partial charge in [0.15, 0.2) is 0 Å². The van der Waals surface area contributed by atoms with Crippen molar-refractivity contribution in [3.63, 3.8) is 0 Å².